The van der Waals surface area contributed by atoms with Gasteiger partial charge in [0.25, 0.3) is 11.8 Å². The molecule has 0 atom stereocenters. The number of rotatable bonds is 4. The van der Waals surface area contributed by atoms with Gasteiger partial charge >= 0.3 is 12.2 Å². The smallest absolute Gasteiger partial charge is 0.414 e. The molecule has 2 aromatic rings. The molecule has 0 spiro atoms. The molecule has 12 heteroatoms. The first-order chi connectivity index (χ1) is 13.9. The van der Waals surface area contributed by atoms with Gasteiger partial charge in [-0.3, -0.25) is 14.9 Å². The van der Waals surface area contributed by atoms with Crippen LogP contribution in [0.25, 0.3) is 0 Å². The van der Waals surface area contributed by atoms with E-state index in [0.717, 1.165) is 21.9 Å². The van der Waals surface area contributed by atoms with Gasteiger partial charge in [-0.25, -0.2) is 14.6 Å². The van der Waals surface area contributed by atoms with E-state index in [9.17, 15) is 19.2 Å². The number of methoxy groups -OCH3 is 1. The van der Waals surface area contributed by atoms with Crippen molar-refractivity contribution < 1.29 is 28.7 Å². The number of fused-ring (bicyclic) bond motifs is 1. The molecule has 0 bridgehead atoms. The molecular formula is C17H18N4O6S2. The molecule has 0 radical (unpaired) electrons. The number of hydrogen-bond donors (Lipinski definition) is 2. The molecule has 2 aromatic heterocycles. The summed E-state index contributed by atoms with van der Waals surface area (Å²) in [4.78, 5) is 54.6. The SMILES string of the molecule is CCOC(=O)NC(=O)c1ccsc1NC(=O)c1nc2c(s1)CN(C(=O)OC)CC2. The average molecular weight is 438 g/mol. The largest absolute Gasteiger partial charge is 0.453 e. The number of anilines is 1. The van der Waals surface area contributed by atoms with Crippen LogP contribution in [0, 0.1) is 0 Å². The third-order valence-electron chi connectivity index (χ3n) is 3.99. The predicted molar refractivity (Wildman–Crippen MR) is 105 cm³/mol. The highest BCUT2D eigenvalue weighted by atomic mass is 32.1. The second kappa shape index (κ2) is 9.01. The first-order valence-corrected chi connectivity index (χ1v) is 10.3. The zero-order valence-corrected chi connectivity index (χ0v) is 17.3. The van der Waals surface area contributed by atoms with Crippen molar-refractivity contribution in [2.45, 2.75) is 19.9 Å². The molecule has 3 rings (SSSR count). The molecule has 4 amide bonds. The van der Waals surface area contributed by atoms with Gasteiger partial charge in [-0.15, -0.1) is 22.7 Å². The molecule has 10 nitrogen and oxygen atoms in total. The van der Waals surface area contributed by atoms with Crippen molar-refractivity contribution >= 4 is 51.7 Å². The first-order valence-electron chi connectivity index (χ1n) is 8.61. The molecule has 2 N–H and O–H groups in total. The molecule has 1 aliphatic heterocycles. The maximum absolute atomic E-state index is 12.6. The Morgan fingerprint density at radius 2 is 2.07 bits per heavy atom. The van der Waals surface area contributed by atoms with Crippen molar-refractivity contribution in [1.82, 2.24) is 15.2 Å². The standard InChI is InChI=1S/C17H18N4O6S2/c1-3-27-16(24)20-12(22)9-5-7-28-14(9)19-13(23)15-18-10-4-6-21(17(25)26-2)8-11(10)29-15/h5,7H,3-4,6,8H2,1-2H3,(H,19,23)(H,20,22,24). The Hall–Kier alpha value is -2.99. The predicted octanol–water partition coefficient (Wildman–Crippen LogP) is 2.47. The van der Waals surface area contributed by atoms with Gasteiger partial charge in [0.2, 0.25) is 0 Å². The molecule has 3 heterocycles. The van der Waals surface area contributed by atoms with E-state index >= 15 is 0 Å². The molecule has 0 fully saturated rings. The number of aromatic nitrogens is 1. The van der Waals surface area contributed by atoms with Crippen LogP contribution in [0.5, 0.6) is 0 Å². The summed E-state index contributed by atoms with van der Waals surface area (Å²) in [5.41, 5.74) is 0.918. The number of hydrogen-bond acceptors (Lipinski definition) is 9. The Morgan fingerprint density at radius 3 is 2.79 bits per heavy atom. The van der Waals surface area contributed by atoms with Crippen LogP contribution in [0.2, 0.25) is 0 Å². The number of amides is 4. The number of nitrogens with one attached hydrogen (secondary N) is 2. The van der Waals surface area contributed by atoms with Crippen LogP contribution >= 0.6 is 22.7 Å². The number of carbonyl (C=O) groups excluding carboxylic acids is 4. The summed E-state index contributed by atoms with van der Waals surface area (Å²) in [6.07, 6.45) is -0.755. The quantitative estimate of drug-likeness (QED) is 0.751. The maximum Gasteiger partial charge on any atom is 0.414 e. The number of ether oxygens (including phenoxy) is 2. The van der Waals surface area contributed by atoms with Crippen LogP contribution in [0.4, 0.5) is 14.6 Å². The molecule has 0 saturated heterocycles. The van der Waals surface area contributed by atoms with Crippen LogP contribution in [0.3, 0.4) is 0 Å². The van der Waals surface area contributed by atoms with Crippen molar-refractivity contribution in [2.75, 3.05) is 25.6 Å². The van der Waals surface area contributed by atoms with E-state index in [2.05, 4.69) is 20.4 Å². The Bertz CT molecular complexity index is 954. The van der Waals surface area contributed by atoms with E-state index in [1.807, 2.05) is 0 Å². The minimum absolute atomic E-state index is 0.133. The van der Waals surface area contributed by atoms with Crippen molar-refractivity contribution in [1.29, 1.82) is 0 Å². The van der Waals surface area contributed by atoms with Gasteiger partial charge in [0.05, 0.1) is 31.5 Å². The highest BCUT2D eigenvalue weighted by Crippen LogP contribution is 2.28. The minimum Gasteiger partial charge on any atom is -0.453 e. The van der Waals surface area contributed by atoms with Crippen molar-refractivity contribution in [2.24, 2.45) is 0 Å². The van der Waals surface area contributed by atoms with Crippen molar-refractivity contribution in [3.05, 3.63) is 32.6 Å². The van der Waals surface area contributed by atoms with Gasteiger partial charge in [-0.05, 0) is 18.4 Å². The second-order valence-electron chi connectivity index (χ2n) is 5.82. The zero-order chi connectivity index (χ0) is 21.0. The molecule has 0 saturated carbocycles. The molecular weight excluding hydrogens is 420 g/mol. The minimum atomic E-state index is -0.858. The Morgan fingerprint density at radius 1 is 1.28 bits per heavy atom. The lowest BCUT2D eigenvalue weighted by molar-refractivity contribution is 0.0925. The van der Waals surface area contributed by atoms with Gasteiger partial charge in [-0.1, -0.05) is 0 Å². The summed E-state index contributed by atoms with van der Waals surface area (Å²) in [5.74, 6) is -1.14. The lowest BCUT2D eigenvalue weighted by atomic mass is 10.2. The van der Waals surface area contributed by atoms with Crippen LogP contribution in [-0.4, -0.2) is 54.1 Å². The summed E-state index contributed by atoms with van der Waals surface area (Å²) in [7, 11) is 1.32. The van der Waals surface area contributed by atoms with E-state index < -0.39 is 24.0 Å². The Kier molecular flexibility index (Phi) is 6.44. The summed E-state index contributed by atoms with van der Waals surface area (Å²) < 4.78 is 9.41. The van der Waals surface area contributed by atoms with Crippen molar-refractivity contribution in [3.63, 3.8) is 0 Å². The number of imide groups is 1. The normalized spacial score (nSPS) is 12.7. The van der Waals surface area contributed by atoms with E-state index in [4.69, 9.17) is 4.74 Å². The summed E-state index contributed by atoms with van der Waals surface area (Å²) in [6, 6.07) is 1.50. The lowest BCUT2D eigenvalue weighted by Crippen LogP contribution is -2.35. The van der Waals surface area contributed by atoms with E-state index in [-0.39, 0.29) is 17.2 Å². The zero-order valence-electron chi connectivity index (χ0n) is 15.6. The number of alkyl carbamates (subject to hydrolysis) is 1. The summed E-state index contributed by atoms with van der Waals surface area (Å²) in [6.45, 7) is 2.56. The summed E-state index contributed by atoms with van der Waals surface area (Å²) in [5, 5.41) is 6.89. The monoisotopic (exact) mass is 438 g/mol. The fourth-order valence-corrected chi connectivity index (χ4v) is 4.44. The Labute approximate surface area is 173 Å². The first kappa shape index (κ1) is 20.7. The highest BCUT2D eigenvalue weighted by molar-refractivity contribution is 7.15. The Balaban J connectivity index is 1.69. The second-order valence-corrected chi connectivity index (χ2v) is 7.82. The van der Waals surface area contributed by atoms with Gasteiger partial charge in [-0.2, -0.15) is 0 Å². The molecule has 29 heavy (non-hydrogen) atoms. The lowest BCUT2D eigenvalue weighted by Gasteiger charge is -2.24. The average Bonchev–Trinajstić information content (AvgIpc) is 3.33. The van der Waals surface area contributed by atoms with Gasteiger partial charge in [0.1, 0.15) is 5.00 Å². The van der Waals surface area contributed by atoms with Gasteiger partial charge in [0.15, 0.2) is 5.01 Å². The van der Waals surface area contributed by atoms with Crippen LogP contribution in [-0.2, 0) is 22.4 Å². The van der Waals surface area contributed by atoms with E-state index in [1.165, 1.54) is 24.5 Å². The number of carbonyl (C=O) groups is 4. The highest BCUT2D eigenvalue weighted by Gasteiger charge is 2.27. The van der Waals surface area contributed by atoms with Crippen LogP contribution in [0.1, 0.15) is 37.7 Å². The number of thiophene rings is 1. The fraction of sp³-hybridized carbons (Fsp3) is 0.353. The van der Waals surface area contributed by atoms with E-state index in [1.54, 1.807) is 17.2 Å². The molecule has 1 aliphatic rings. The van der Waals surface area contributed by atoms with Crippen LogP contribution in [0.15, 0.2) is 11.4 Å². The number of nitrogens with zero attached hydrogens (tertiary/aromatic N) is 2. The summed E-state index contributed by atoms with van der Waals surface area (Å²) >= 11 is 2.33. The molecule has 0 unspecified atom stereocenters. The van der Waals surface area contributed by atoms with Crippen LogP contribution < -0.4 is 10.6 Å². The third kappa shape index (κ3) is 4.71. The topological polar surface area (TPSA) is 127 Å². The maximum atomic E-state index is 12.6. The van der Waals surface area contributed by atoms with E-state index in [0.29, 0.717) is 24.5 Å². The molecule has 0 aliphatic carbocycles. The fourth-order valence-electron chi connectivity index (χ4n) is 2.65. The number of thiazole rings is 1. The molecule has 0 aromatic carbocycles. The van der Waals surface area contributed by atoms with Gasteiger partial charge in [0, 0.05) is 17.8 Å². The van der Waals surface area contributed by atoms with Gasteiger partial charge < -0.3 is 19.7 Å². The van der Waals surface area contributed by atoms with Crippen molar-refractivity contribution in [3.8, 4) is 0 Å². The molecule has 154 valence electrons. The third-order valence-corrected chi connectivity index (χ3v) is 5.90.